The van der Waals surface area contributed by atoms with Gasteiger partial charge in [-0.05, 0) is 12.1 Å². The summed E-state index contributed by atoms with van der Waals surface area (Å²) in [6.45, 7) is 0.527. The van der Waals surface area contributed by atoms with Crippen LogP contribution in [0.5, 0.6) is 0 Å². The smallest absolute Gasteiger partial charge is 0.164 e. The Morgan fingerprint density at radius 2 is 1.63 bits per heavy atom. The van der Waals surface area contributed by atoms with Crippen molar-refractivity contribution in [3.05, 3.63) is 96.2 Å². The first-order chi connectivity index (χ1) is 13.3. The average molecular weight is 357 g/mol. The van der Waals surface area contributed by atoms with Gasteiger partial charge in [0.15, 0.2) is 11.6 Å². The molecule has 134 valence electrons. The molecule has 0 fully saturated rings. The fourth-order valence-corrected chi connectivity index (χ4v) is 3.04. The summed E-state index contributed by atoms with van der Waals surface area (Å²) in [5, 5.41) is 8.74. The summed E-state index contributed by atoms with van der Waals surface area (Å²) >= 11 is 0. The highest BCUT2D eigenvalue weighted by molar-refractivity contribution is 5.96. The fourth-order valence-electron chi connectivity index (χ4n) is 3.04. The van der Waals surface area contributed by atoms with E-state index in [0.29, 0.717) is 19.4 Å². The number of Topliss-reactive ketones (excluding diaryl/α,β-unsaturated/α-hetero) is 1. The van der Waals surface area contributed by atoms with Crippen molar-refractivity contribution in [3.63, 3.8) is 0 Å². The molecule has 0 aliphatic rings. The Labute approximate surface area is 157 Å². The van der Waals surface area contributed by atoms with Gasteiger partial charge in [-0.15, -0.1) is 10.2 Å². The zero-order valence-corrected chi connectivity index (χ0v) is 14.8. The fraction of sp³-hybridized carbons (Fsp3) is 0.136. The molecule has 27 heavy (non-hydrogen) atoms. The maximum atomic E-state index is 12.4. The number of benzene rings is 2. The average Bonchev–Trinajstić information content (AvgIpc) is 3.38. The van der Waals surface area contributed by atoms with Crippen molar-refractivity contribution in [2.45, 2.75) is 19.4 Å². The van der Waals surface area contributed by atoms with Crippen molar-refractivity contribution in [2.24, 2.45) is 0 Å². The molecule has 0 atom stereocenters. The maximum Gasteiger partial charge on any atom is 0.164 e. The SMILES string of the molecule is O=C(CCc1nnc(-c2ccccc2)n1Cc1ccco1)c1ccccc1. The molecular weight excluding hydrogens is 338 g/mol. The van der Waals surface area contributed by atoms with E-state index < -0.39 is 0 Å². The van der Waals surface area contributed by atoms with Crippen LogP contribution in [0.2, 0.25) is 0 Å². The third-order valence-corrected chi connectivity index (χ3v) is 4.42. The van der Waals surface area contributed by atoms with Gasteiger partial charge in [0.1, 0.15) is 11.6 Å². The van der Waals surface area contributed by atoms with Gasteiger partial charge in [0.2, 0.25) is 0 Å². The number of aromatic nitrogens is 3. The molecule has 4 rings (SSSR count). The van der Waals surface area contributed by atoms with Crippen LogP contribution in [0.15, 0.2) is 83.5 Å². The van der Waals surface area contributed by atoms with Crippen LogP contribution < -0.4 is 0 Å². The first-order valence-electron chi connectivity index (χ1n) is 8.89. The third kappa shape index (κ3) is 3.87. The lowest BCUT2D eigenvalue weighted by Gasteiger charge is -2.09. The standard InChI is InChI=1S/C22H19N3O2/c26-20(17-8-3-1-4-9-17)13-14-21-23-24-22(18-10-5-2-6-11-18)25(21)16-19-12-7-15-27-19/h1-12,15H,13-14,16H2. The van der Waals surface area contributed by atoms with Crippen LogP contribution in [0.4, 0.5) is 0 Å². The molecule has 0 N–H and O–H groups in total. The van der Waals surface area contributed by atoms with E-state index in [1.807, 2.05) is 77.4 Å². The molecule has 2 aromatic heterocycles. The number of hydrogen-bond acceptors (Lipinski definition) is 4. The summed E-state index contributed by atoms with van der Waals surface area (Å²) in [5.41, 5.74) is 1.70. The number of nitrogens with zero attached hydrogens (tertiary/aromatic N) is 3. The molecule has 5 heteroatoms. The van der Waals surface area contributed by atoms with Crippen LogP contribution in [0.1, 0.15) is 28.4 Å². The van der Waals surface area contributed by atoms with E-state index in [2.05, 4.69) is 10.2 Å². The van der Waals surface area contributed by atoms with Gasteiger partial charge in [-0.1, -0.05) is 60.7 Å². The quantitative estimate of drug-likeness (QED) is 0.460. The molecule has 5 nitrogen and oxygen atoms in total. The molecule has 2 aromatic carbocycles. The van der Waals surface area contributed by atoms with Crippen molar-refractivity contribution < 1.29 is 9.21 Å². The van der Waals surface area contributed by atoms with Crippen LogP contribution in [-0.2, 0) is 13.0 Å². The van der Waals surface area contributed by atoms with Crippen LogP contribution in [0, 0.1) is 0 Å². The van der Waals surface area contributed by atoms with Crippen molar-refractivity contribution in [1.82, 2.24) is 14.8 Å². The second kappa shape index (κ2) is 7.83. The summed E-state index contributed by atoms with van der Waals surface area (Å²) in [6.07, 6.45) is 2.56. The zero-order valence-electron chi connectivity index (χ0n) is 14.8. The second-order valence-electron chi connectivity index (χ2n) is 6.26. The maximum absolute atomic E-state index is 12.4. The number of carbonyl (C=O) groups is 1. The molecule has 0 aliphatic heterocycles. The Morgan fingerprint density at radius 3 is 2.33 bits per heavy atom. The van der Waals surface area contributed by atoms with Gasteiger partial charge < -0.3 is 8.98 Å². The van der Waals surface area contributed by atoms with Gasteiger partial charge in [-0.2, -0.15) is 0 Å². The van der Waals surface area contributed by atoms with Crippen LogP contribution in [-0.4, -0.2) is 20.5 Å². The highest BCUT2D eigenvalue weighted by atomic mass is 16.3. The van der Waals surface area contributed by atoms with E-state index in [4.69, 9.17) is 4.42 Å². The first-order valence-corrected chi connectivity index (χ1v) is 8.89. The summed E-state index contributed by atoms with van der Waals surface area (Å²) < 4.78 is 7.52. The second-order valence-corrected chi connectivity index (χ2v) is 6.26. The number of furan rings is 1. The molecule has 0 aliphatic carbocycles. The molecule has 2 heterocycles. The van der Waals surface area contributed by atoms with E-state index >= 15 is 0 Å². The molecule has 0 saturated heterocycles. The van der Waals surface area contributed by atoms with Gasteiger partial charge in [0.25, 0.3) is 0 Å². The number of aryl methyl sites for hydroxylation is 1. The summed E-state index contributed by atoms with van der Waals surface area (Å²) in [7, 11) is 0. The Balaban J connectivity index is 1.60. The Morgan fingerprint density at radius 1 is 0.889 bits per heavy atom. The van der Waals surface area contributed by atoms with Gasteiger partial charge in [0.05, 0.1) is 12.8 Å². The molecule has 0 unspecified atom stereocenters. The first kappa shape index (κ1) is 17.0. The molecule has 0 bridgehead atoms. The normalized spacial score (nSPS) is 10.8. The topological polar surface area (TPSA) is 60.9 Å². The third-order valence-electron chi connectivity index (χ3n) is 4.42. The highest BCUT2D eigenvalue weighted by Gasteiger charge is 2.16. The van der Waals surface area contributed by atoms with E-state index in [9.17, 15) is 4.79 Å². The van der Waals surface area contributed by atoms with Crippen molar-refractivity contribution >= 4 is 5.78 Å². The monoisotopic (exact) mass is 357 g/mol. The van der Waals surface area contributed by atoms with E-state index in [1.54, 1.807) is 6.26 Å². The summed E-state index contributed by atoms with van der Waals surface area (Å²) in [5.74, 6) is 2.47. The Hall–Kier alpha value is -3.47. The van der Waals surface area contributed by atoms with Crippen molar-refractivity contribution in [2.75, 3.05) is 0 Å². The van der Waals surface area contributed by atoms with E-state index in [0.717, 1.165) is 28.5 Å². The molecule has 0 radical (unpaired) electrons. The van der Waals surface area contributed by atoms with Gasteiger partial charge >= 0.3 is 0 Å². The number of rotatable bonds is 7. The van der Waals surface area contributed by atoms with Gasteiger partial charge in [-0.3, -0.25) is 4.79 Å². The molecule has 0 amide bonds. The number of hydrogen-bond donors (Lipinski definition) is 0. The van der Waals surface area contributed by atoms with E-state index in [1.165, 1.54) is 0 Å². The highest BCUT2D eigenvalue weighted by Crippen LogP contribution is 2.21. The Kier molecular flexibility index (Phi) is 4.92. The van der Waals surface area contributed by atoms with Gasteiger partial charge in [-0.25, -0.2) is 0 Å². The largest absolute Gasteiger partial charge is 0.467 e. The lowest BCUT2D eigenvalue weighted by atomic mass is 10.1. The minimum Gasteiger partial charge on any atom is -0.467 e. The van der Waals surface area contributed by atoms with E-state index in [-0.39, 0.29) is 5.78 Å². The summed E-state index contributed by atoms with van der Waals surface area (Å²) in [6, 6.07) is 23.0. The zero-order chi connectivity index (χ0) is 18.5. The summed E-state index contributed by atoms with van der Waals surface area (Å²) in [4.78, 5) is 12.4. The van der Waals surface area contributed by atoms with Crippen molar-refractivity contribution in [3.8, 4) is 11.4 Å². The number of ketones is 1. The van der Waals surface area contributed by atoms with Crippen LogP contribution >= 0.6 is 0 Å². The Bertz CT molecular complexity index is 1010. The number of carbonyl (C=O) groups excluding carboxylic acids is 1. The van der Waals surface area contributed by atoms with Crippen molar-refractivity contribution in [1.29, 1.82) is 0 Å². The lowest BCUT2D eigenvalue weighted by molar-refractivity contribution is 0.0982. The minimum atomic E-state index is 0.101. The van der Waals surface area contributed by atoms with Gasteiger partial charge in [0, 0.05) is 24.0 Å². The molecule has 4 aromatic rings. The molecule has 0 saturated carbocycles. The molecule has 0 spiro atoms. The lowest BCUT2D eigenvalue weighted by Crippen LogP contribution is -2.09. The minimum absolute atomic E-state index is 0.101. The van der Waals surface area contributed by atoms with Crippen LogP contribution in [0.3, 0.4) is 0 Å². The predicted octanol–water partition coefficient (Wildman–Crippen LogP) is 4.40. The van der Waals surface area contributed by atoms with Crippen LogP contribution in [0.25, 0.3) is 11.4 Å². The molecular formula is C22H19N3O2. The predicted molar refractivity (Wildman–Crippen MR) is 102 cm³/mol.